The average Bonchev–Trinajstić information content (AvgIpc) is 2.28. The van der Waals surface area contributed by atoms with Crippen LogP contribution in [0.3, 0.4) is 0 Å². The molecule has 3 unspecified atom stereocenters. The van der Waals surface area contributed by atoms with Gasteiger partial charge in [0.1, 0.15) is 0 Å². The predicted molar refractivity (Wildman–Crippen MR) is 73.2 cm³/mol. The molecule has 0 spiro atoms. The van der Waals surface area contributed by atoms with E-state index in [0.717, 1.165) is 42.7 Å². The Balaban J connectivity index is 1.80. The van der Waals surface area contributed by atoms with Gasteiger partial charge in [0.05, 0.1) is 6.04 Å². The fraction of sp³-hybridized carbons (Fsp3) is 0.923. The Hall–Kier alpha value is -0.220. The standard InChI is InChI=1S/C13H24N2OS/c1-9-5-10(2)7-11(6-9)15-13(16)12-8-17-4-3-14-12/h9-12,14H,3-8H2,1-2H3,(H,15,16). The van der Waals surface area contributed by atoms with Gasteiger partial charge in [-0.1, -0.05) is 13.8 Å². The summed E-state index contributed by atoms with van der Waals surface area (Å²) in [4.78, 5) is 12.1. The molecule has 3 atom stereocenters. The van der Waals surface area contributed by atoms with Gasteiger partial charge in [0.2, 0.25) is 5.91 Å². The number of hydrogen-bond acceptors (Lipinski definition) is 3. The van der Waals surface area contributed by atoms with Crippen LogP contribution in [0.15, 0.2) is 0 Å². The van der Waals surface area contributed by atoms with Gasteiger partial charge in [0.15, 0.2) is 0 Å². The van der Waals surface area contributed by atoms with Crippen LogP contribution in [0.25, 0.3) is 0 Å². The number of rotatable bonds is 2. The topological polar surface area (TPSA) is 41.1 Å². The van der Waals surface area contributed by atoms with E-state index in [-0.39, 0.29) is 11.9 Å². The minimum atomic E-state index is 0.0290. The van der Waals surface area contributed by atoms with Gasteiger partial charge in [0, 0.05) is 24.1 Å². The summed E-state index contributed by atoms with van der Waals surface area (Å²) in [7, 11) is 0. The molecule has 0 radical (unpaired) electrons. The van der Waals surface area contributed by atoms with Crippen LogP contribution < -0.4 is 10.6 Å². The molecule has 4 heteroatoms. The predicted octanol–water partition coefficient (Wildman–Crippen LogP) is 1.63. The van der Waals surface area contributed by atoms with Gasteiger partial charge in [-0.3, -0.25) is 4.79 Å². The van der Waals surface area contributed by atoms with Crippen molar-refractivity contribution in [1.82, 2.24) is 10.6 Å². The molecule has 0 bridgehead atoms. The second-order valence-corrected chi connectivity index (χ2v) is 6.85. The largest absolute Gasteiger partial charge is 0.352 e. The molecule has 2 fully saturated rings. The zero-order chi connectivity index (χ0) is 12.3. The number of thioether (sulfide) groups is 1. The minimum Gasteiger partial charge on any atom is -0.352 e. The Morgan fingerprint density at radius 2 is 1.94 bits per heavy atom. The van der Waals surface area contributed by atoms with Crippen molar-refractivity contribution in [3.63, 3.8) is 0 Å². The molecule has 3 nitrogen and oxygen atoms in total. The van der Waals surface area contributed by atoms with Crippen molar-refractivity contribution in [2.24, 2.45) is 11.8 Å². The minimum absolute atomic E-state index is 0.0290. The van der Waals surface area contributed by atoms with Crippen LogP contribution in [-0.2, 0) is 4.79 Å². The lowest BCUT2D eigenvalue weighted by Crippen LogP contribution is -2.52. The highest BCUT2D eigenvalue weighted by Gasteiger charge is 2.28. The molecule has 1 aliphatic heterocycles. The van der Waals surface area contributed by atoms with Crippen molar-refractivity contribution in [3.05, 3.63) is 0 Å². The average molecular weight is 256 g/mol. The maximum atomic E-state index is 12.1. The molecule has 0 aromatic carbocycles. The number of hydrogen-bond donors (Lipinski definition) is 2. The van der Waals surface area contributed by atoms with Gasteiger partial charge in [-0.15, -0.1) is 0 Å². The van der Waals surface area contributed by atoms with Gasteiger partial charge < -0.3 is 10.6 Å². The van der Waals surface area contributed by atoms with Crippen molar-refractivity contribution in [1.29, 1.82) is 0 Å². The first-order chi connectivity index (χ1) is 8.15. The van der Waals surface area contributed by atoms with Crippen LogP contribution in [0.2, 0.25) is 0 Å². The highest BCUT2D eigenvalue weighted by Crippen LogP contribution is 2.28. The van der Waals surface area contributed by atoms with Crippen molar-refractivity contribution >= 4 is 17.7 Å². The Morgan fingerprint density at radius 1 is 1.24 bits per heavy atom. The Morgan fingerprint density at radius 3 is 2.53 bits per heavy atom. The molecular weight excluding hydrogens is 232 g/mol. The summed E-state index contributed by atoms with van der Waals surface area (Å²) in [5.74, 6) is 3.75. The third kappa shape index (κ3) is 3.88. The SMILES string of the molecule is CC1CC(C)CC(NC(=O)C2CSCCN2)C1. The highest BCUT2D eigenvalue weighted by molar-refractivity contribution is 7.99. The lowest BCUT2D eigenvalue weighted by Gasteiger charge is -2.33. The van der Waals surface area contributed by atoms with Crippen molar-refractivity contribution < 1.29 is 4.79 Å². The summed E-state index contributed by atoms with van der Waals surface area (Å²) >= 11 is 1.87. The molecule has 0 aromatic rings. The number of amides is 1. The molecule has 2 aliphatic rings. The molecular formula is C13H24N2OS. The fourth-order valence-electron chi connectivity index (χ4n) is 3.10. The number of nitrogens with one attached hydrogen (secondary N) is 2. The summed E-state index contributed by atoms with van der Waals surface area (Å²) in [5.41, 5.74) is 0. The van der Waals surface area contributed by atoms with Crippen molar-refractivity contribution in [3.8, 4) is 0 Å². The Kier molecular flexibility index (Phi) is 4.74. The van der Waals surface area contributed by atoms with Crippen molar-refractivity contribution in [2.45, 2.75) is 45.2 Å². The molecule has 1 saturated heterocycles. The monoisotopic (exact) mass is 256 g/mol. The van der Waals surface area contributed by atoms with Gasteiger partial charge in [0.25, 0.3) is 0 Å². The van der Waals surface area contributed by atoms with E-state index in [1.54, 1.807) is 0 Å². The first-order valence-corrected chi connectivity index (χ1v) is 7.92. The maximum absolute atomic E-state index is 12.1. The molecule has 1 saturated carbocycles. The molecule has 98 valence electrons. The lowest BCUT2D eigenvalue weighted by molar-refractivity contribution is -0.123. The summed E-state index contributed by atoms with van der Waals surface area (Å²) in [5, 5.41) is 6.53. The van der Waals surface area contributed by atoms with Crippen molar-refractivity contribution in [2.75, 3.05) is 18.1 Å². The van der Waals surface area contributed by atoms with Crippen LogP contribution in [0.5, 0.6) is 0 Å². The molecule has 1 amide bonds. The first kappa shape index (κ1) is 13.2. The summed E-state index contributed by atoms with van der Waals surface area (Å²) in [6.45, 7) is 5.55. The molecule has 0 aromatic heterocycles. The van der Waals surface area contributed by atoms with E-state index in [1.165, 1.54) is 6.42 Å². The zero-order valence-corrected chi connectivity index (χ0v) is 11.7. The van der Waals surface area contributed by atoms with Gasteiger partial charge in [-0.05, 0) is 31.1 Å². The second kappa shape index (κ2) is 6.10. The first-order valence-electron chi connectivity index (χ1n) is 6.76. The summed E-state index contributed by atoms with van der Waals surface area (Å²) < 4.78 is 0. The quantitative estimate of drug-likeness (QED) is 0.789. The highest BCUT2D eigenvalue weighted by atomic mass is 32.2. The van der Waals surface area contributed by atoms with E-state index in [2.05, 4.69) is 24.5 Å². The van der Waals surface area contributed by atoms with E-state index >= 15 is 0 Å². The van der Waals surface area contributed by atoms with Gasteiger partial charge >= 0.3 is 0 Å². The summed E-state index contributed by atoms with van der Waals surface area (Å²) in [6.07, 6.45) is 3.61. The third-order valence-electron chi connectivity index (χ3n) is 3.76. The smallest absolute Gasteiger partial charge is 0.238 e. The van der Waals surface area contributed by atoms with Crippen LogP contribution >= 0.6 is 11.8 Å². The normalized spacial score (nSPS) is 38.7. The zero-order valence-electron chi connectivity index (χ0n) is 10.9. The van der Waals surface area contributed by atoms with Crippen LogP contribution in [-0.4, -0.2) is 36.0 Å². The third-order valence-corrected chi connectivity index (χ3v) is 4.82. The van der Waals surface area contributed by atoms with E-state index < -0.39 is 0 Å². The molecule has 17 heavy (non-hydrogen) atoms. The Bertz CT molecular complexity index is 256. The fourth-order valence-corrected chi connectivity index (χ4v) is 4.03. The Labute approximate surface area is 108 Å². The number of carbonyl (C=O) groups excluding carboxylic acids is 1. The summed E-state index contributed by atoms with van der Waals surface area (Å²) in [6, 6.07) is 0.427. The van der Waals surface area contributed by atoms with Crippen LogP contribution in [0.4, 0.5) is 0 Å². The van der Waals surface area contributed by atoms with E-state index in [1.807, 2.05) is 11.8 Å². The van der Waals surface area contributed by atoms with E-state index in [9.17, 15) is 4.79 Å². The van der Waals surface area contributed by atoms with Gasteiger partial charge in [-0.25, -0.2) is 0 Å². The van der Waals surface area contributed by atoms with Gasteiger partial charge in [-0.2, -0.15) is 11.8 Å². The van der Waals surface area contributed by atoms with Crippen LogP contribution in [0.1, 0.15) is 33.1 Å². The number of carbonyl (C=O) groups is 1. The van der Waals surface area contributed by atoms with E-state index in [0.29, 0.717) is 6.04 Å². The molecule has 1 heterocycles. The molecule has 1 aliphatic carbocycles. The van der Waals surface area contributed by atoms with Crippen LogP contribution in [0, 0.1) is 11.8 Å². The maximum Gasteiger partial charge on any atom is 0.238 e. The second-order valence-electron chi connectivity index (χ2n) is 5.70. The molecule has 2 N–H and O–H groups in total. The molecule has 2 rings (SSSR count). The lowest BCUT2D eigenvalue weighted by atomic mass is 9.80. The van der Waals surface area contributed by atoms with E-state index in [4.69, 9.17) is 0 Å².